The third-order valence-electron chi connectivity index (χ3n) is 7.00. The van der Waals surface area contributed by atoms with Crippen molar-refractivity contribution in [1.82, 2.24) is 31.4 Å². The van der Waals surface area contributed by atoms with Crippen LogP contribution in [0.15, 0.2) is 54.7 Å². The van der Waals surface area contributed by atoms with Gasteiger partial charge in [-0.2, -0.15) is 15.4 Å². The predicted molar refractivity (Wildman–Crippen MR) is 138 cm³/mol. The van der Waals surface area contributed by atoms with E-state index >= 15 is 0 Å². The molecule has 3 atom stereocenters. The molecule has 0 bridgehead atoms. The average Bonchev–Trinajstić information content (AvgIpc) is 3.58. The molecule has 0 spiro atoms. The van der Waals surface area contributed by atoms with Crippen LogP contribution >= 0.6 is 0 Å². The number of anilines is 1. The molecule has 3 heterocycles. The molecule has 0 unspecified atom stereocenters. The van der Waals surface area contributed by atoms with Crippen LogP contribution in [-0.4, -0.2) is 57.2 Å². The van der Waals surface area contributed by atoms with E-state index in [1.165, 1.54) is 11.1 Å². The van der Waals surface area contributed by atoms with Crippen LogP contribution in [0, 0.1) is 0 Å². The Morgan fingerprint density at radius 1 is 1.11 bits per heavy atom. The van der Waals surface area contributed by atoms with E-state index in [-0.39, 0.29) is 24.3 Å². The van der Waals surface area contributed by atoms with Crippen molar-refractivity contribution in [3.05, 3.63) is 77.1 Å². The minimum absolute atomic E-state index is 0.177. The fourth-order valence-electron chi connectivity index (χ4n) is 5.04. The van der Waals surface area contributed by atoms with Crippen molar-refractivity contribution in [2.24, 2.45) is 0 Å². The first-order chi connectivity index (χ1) is 18.5. The summed E-state index contributed by atoms with van der Waals surface area (Å²) in [5, 5.41) is 18.6. The molecular weight excluding hydrogens is 486 g/mol. The van der Waals surface area contributed by atoms with Crippen LogP contribution in [0.3, 0.4) is 0 Å². The Morgan fingerprint density at radius 3 is 2.63 bits per heavy atom. The number of hydrogen-bond donors (Lipinski definition) is 4. The Hall–Kier alpha value is -4.54. The van der Waals surface area contributed by atoms with Crippen LogP contribution in [0.25, 0.3) is 0 Å². The third-order valence-corrected chi connectivity index (χ3v) is 7.00. The number of benzene rings is 2. The number of para-hydroxylation sites is 1. The summed E-state index contributed by atoms with van der Waals surface area (Å²) in [7, 11) is 0. The summed E-state index contributed by atoms with van der Waals surface area (Å²) in [6.07, 6.45) is 3.20. The quantitative estimate of drug-likeness (QED) is 0.352. The monoisotopic (exact) mass is 515 g/mol. The molecule has 1 aromatic heterocycles. The SMILES string of the molecule is CC[C@H](NC(=O)c1ccccc1)C(=O)N[C@H]1CCc2cccc3c2N(C1=O)[C@H](C(=O)NCc1cn[nH]n1)C3. The molecule has 2 aliphatic rings. The van der Waals surface area contributed by atoms with Crippen LogP contribution in [0.4, 0.5) is 5.69 Å². The Labute approximate surface area is 219 Å². The molecular formula is C27H29N7O4. The summed E-state index contributed by atoms with van der Waals surface area (Å²) in [5.41, 5.74) is 3.66. The van der Waals surface area contributed by atoms with Gasteiger partial charge < -0.3 is 16.0 Å². The van der Waals surface area contributed by atoms with E-state index in [4.69, 9.17) is 0 Å². The van der Waals surface area contributed by atoms with E-state index in [1.807, 2.05) is 24.3 Å². The number of aromatic nitrogens is 3. The molecule has 4 amide bonds. The zero-order chi connectivity index (χ0) is 26.6. The first-order valence-corrected chi connectivity index (χ1v) is 12.7. The second-order valence-corrected chi connectivity index (χ2v) is 9.43. The predicted octanol–water partition coefficient (Wildman–Crippen LogP) is 1.02. The Bertz CT molecular complexity index is 1340. The van der Waals surface area contributed by atoms with Gasteiger partial charge in [-0.05, 0) is 42.5 Å². The summed E-state index contributed by atoms with van der Waals surface area (Å²) in [6, 6.07) is 12.1. The molecule has 0 radical (unpaired) electrons. The molecule has 2 aliphatic heterocycles. The van der Waals surface area contributed by atoms with Crippen LogP contribution < -0.4 is 20.9 Å². The molecule has 2 aromatic carbocycles. The van der Waals surface area contributed by atoms with Crippen molar-refractivity contribution in [3.63, 3.8) is 0 Å². The van der Waals surface area contributed by atoms with Crippen molar-refractivity contribution in [2.75, 3.05) is 4.90 Å². The zero-order valence-corrected chi connectivity index (χ0v) is 20.9. The largest absolute Gasteiger partial charge is 0.348 e. The summed E-state index contributed by atoms with van der Waals surface area (Å²) in [4.78, 5) is 54.4. The van der Waals surface area contributed by atoms with Crippen LogP contribution in [0.1, 0.15) is 46.9 Å². The summed E-state index contributed by atoms with van der Waals surface area (Å²) >= 11 is 0. The van der Waals surface area contributed by atoms with Crippen molar-refractivity contribution >= 4 is 29.3 Å². The molecule has 11 heteroatoms. The van der Waals surface area contributed by atoms with Gasteiger partial charge in [0.15, 0.2) is 0 Å². The molecule has 0 saturated heterocycles. The number of hydrogen-bond acceptors (Lipinski definition) is 6. The van der Waals surface area contributed by atoms with Crippen LogP contribution in [0.5, 0.6) is 0 Å². The summed E-state index contributed by atoms with van der Waals surface area (Å²) in [5.74, 6) is -1.45. The number of carbonyl (C=O) groups excluding carboxylic acids is 4. The number of nitrogens with one attached hydrogen (secondary N) is 4. The lowest BCUT2D eigenvalue weighted by Gasteiger charge is -2.28. The third kappa shape index (κ3) is 4.99. The molecule has 0 saturated carbocycles. The molecule has 5 rings (SSSR count). The van der Waals surface area contributed by atoms with Crippen molar-refractivity contribution < 1.29 is 19.2 Å². The van der Waals surface area contributed by atoms with Crippen LogP contribution in [0.2, 0.25) is 0 Å². The number of nitrogens with zero attached hydrogens (tertiary/aromatic N) is 3. The lowest BCUT2D eigenvalue weighted by molar-refractivity contribution is -0.130. The van der Waals surface area contributed by atoms with E-state index in [9.17, 15) is 19.2 Å². The zero-order valence-electron chi connectivity index (χ0n) is 20.9. The molecule has 0 fully saturated rings. The van der Waals surface area contributed by atoms with Gasteiger partial charge in [0.25, 0.3) is 5.91 Å². The van der Waals surface area contributed by atoms with E-state index < -0.39 is 24.0 Å². The highest BCUT2D eigenvalue weighted by Gasteiger charge is 2.44. The normalized spacial score (nSPS) is 18.8. The number of amides is 4. The highest BCUT2D eigenvalue weighted by atomic mass is 16.2. The van der Waals surface area contributed by atoms with Gasteiger partial charge in [0.2, 0.25) is 17.7 Å². The maximum atomic E-state index is 13.8. The standard InChI is InChI=1S/C27H29N7O4/c1-2-20(30-24(35)17-7-4-3-5-8-17)25(36)31-21-12-11-16-9-6-10-18-13-22(34(23(16)18)27(21)38)26(37)28-14-19-15-29-33-32-19/h3-10,15,20-22H,2,11-14H2,1H3,(H,28,37)(H,30,35)(H,31,36)(H,29,32,33)/t20-,21-,22-/m0/s1. The van der Waals surface area contributed by atoms with Gasteiger partial charge in [0.1, 0.15) is 23.8 Å². The molecule has 4 N–H and O–H groups in total. The topological polar surface area (TPSA) is 149 Å². The van der Waals surface area contributed by atoms with Gasteiger partial charge in [0, 0.05) is 12.0 Å². The Kier molecular flexibility index (Phi) is 7.16. The fourth-order valence-corrected chi connectivity index (χ4v) is 5.04. The highest BCUT2D eigenvalue weighted by molar-refractivity contribution is 6.08. The first kappa shape index (κ1) is 25.1. The maximum Gasteiger partial charge on any atom is 0.251 e. The lowest BCUT2D eigenvalue weighted by atomic mass is 10.0. The number of rotatable bonds is 8. The molecule has 0 aliphatic carbocycles. The second kappa shape index (κ2) is 10.8. The molecule has 38 heavy (non-hydrogen) atoms. The first-order valence-electron chi connectivity index (χ1n) is 12.7. The Balaban J connectivity index is 1.32. The number of carbonyl (C=O) groups is 4. The highest BCUT2D eigenvalue weighted by Crippen LogP contribution is 2.39. The van der Waals surface area contributed by atoms with Crippen molar-refractivity contribution in [2.45, 2.75) is 57.3 Å². The average molecular weight is 516 g/mol. The lowest BCUT2D eigenvalue weighted by Crippen LogP contribution is -2.57. The Morgan fingerprint density at radius 2 is 1.89 bits per heavy atom. The van der Waals surface area contributed by atoms with Gasteiger partial charge in [-0.25, -0.2) is 0 Å². The maximum absolute atomic E-state index is 13.8. The van der Waals surface area contributed by atoms with Crippen LogP contribution in [-0.2, 0) is 33.8 Å². The molecule has 3 aromatic rings. The van der Waals surface area contributed by atoms with Crippen molar-refractivity contribution in [3.8, 4) is 0 Å². The summed E-state index contributed by atoms with van der Waals surface area (Å²) < 4.78 is 0. The fraction of sp³-hybridized carbons (Fsp3) is 0.333. The van der Waals surface area contributed by atoms with E-state index in [0.717, 1.165) is 16.8 Å². The van der Waals surface area contributed by atoms with E-state index in [0.29, 0.717) is 36.9 Å². The van der Waals surface area contributed by atoms with E-state index in [1.54, 1.807) is 31.2 Å². The van der Waals surface area contributed by atoms with Gasteiger partial charge in [-0.1, -0.05) is 43.3 Å². The number of aryl methyl sites for hydroxylation is 1. The van der Waals surface area contributed by atoms with Gasteiger partial charge >= 0.3 is 0 Å². The minimum atomic E-state index is -0.839. The van der Waals surface area contributed by atoms with Gasteiger partial charge in [0.05, 0.1) is 18.4 Å². The summed E-state index contributed by atoms with van der Waals surface area (Å²) in [6.45, 7) is 1.97. The molecule has 11 nitrogen and oxygen atoms in total. The van der Waals surface area contributed by atoms with E-state index in [2.05, 4.69) is 31.4 Å². The smallest absolute Gasteiger partial charge is 0.251 e. The molecule has 196 valence electrons. The van der Waals surface area contributed by atoms with Crippen molar-refractivity contribution in [1.29, 1.82) is 0 Å². The number of aromatic amines is 1. The second-order valence-electron chi connectivity index (χ2n) is 9.43. The number of H-pyrrole nitrogens is 1. The van der Waals surface area contributed by atoms with Gasteiger partial charge in [-0.15, -0.1) is 0 Å². The minimum Gasteiger partial charge on any atom is -0.348 e. The van der Waals surface area contributed by atoms with Gasteiger partial charge in [-0.3, -0.25) is 24.1 Å².